The number of rotatable bonds is 8. The van der Waals surface area contributed by atoms with Gasteiger partial charge in [0.25, 0.3) is 15.9 Å². The van der Waals surface area contributed by atoms with Gasteiger partial charge in [0.05, 0.1) is 23.0 Å². The number of amides is 1. The highest BCUT2D eigenvalue weighted by Gasteiger charge is 2.26. The van der Waals surface area contributed by atoms with E-state index in [-0.39, 0.29) is 33.1 Å². The predicted octanol–water partition coefficient (Wildman–Crippen LogP) is 3.71. The highest BCUT2D eigenvalue weighted by atomic mass is 35.5. The van der Waals surface area contributed by atoms with Crippen LogP contribution in [0.1, 0.15) is 15.9 Å². The minimum atomic E-state index is -4.22. The number of anilines is 1. The van der Waals surface area contributed by atoms with Gasteiger partial charge in [0, 0.05) is 11.4 Å². The van der Waals surface area contributed by atoms with Crippen molar-refractivity contribution in [2.75, 3.05) is 4.72 Å². The Labute approximate surface area is 207 Å². The zero-order valence-electron chi connectivity index (χ0n) is 17.6. The molecule has 35 heavy (non-hydrogen) atoms. The summed E-state index contributed by atoms with van der Waals surface area (Å²) in [4.78, 5) is 24.6. The minimum Gasteiger partial charge on any atom is -0.480 e. The first-order valence-electron chi connectivity index (χ1n) is 9.96. The van der Waals surface area contributed by atoms with Crippen molar-refractivity contribution >= 4 is 61.9 Å². The fraction of sp³-hybridized carbons (Fsp3) is 0.0909. The number of aromatic nitrogens is 2. The molecule has 4 rings (SSSR count). The van der Waals surface area contributed by atoms with Gasteiger partial charge in [-0.25, -0.2) is 17.6 Å². The first-order chi connectivity index (χ1) is 16.6. The van der Waals surface area contributed by atoms with E-state index >= 15 is 0 Å². The maximum atomic E-state index is 13.2. The third-order valence-corrected chi connectivity index (χ3v) is 7.14. The molecule has 1 heterocycles. The number of sulfonamides is 1. The largest absolute Gasteiger partial charge is 0.480 e. The molecule has 1 aromatic heterocycles. The predicted molar refractivity (Wildman–Crippen MR) is 129 cm³/mol. The van der Waals surface area contributed by atoms with E-state index < -0.39 is 33.8 Å². The molecule has 180 valence electrons. The van der Waals surface area contributed by atoms with E-state index in [2.05, 4.69) is 18.8 Å². The number of halogens is 2. The van der Waals surface area contributed by atoms with Crippen LogP contribution in [0.25, 0.3) is 11.0 Å². The smallest absolute Gasteiger partial charge is 0.326 e. The molecular weight excluding hydrogens is 519 g/mol. The first kappa shape index (κ1) is 24.5. The molecule has 0 aliphatic carbocycles. The Balaban J connectivity index is 1.62. The van der Waals surface area contributed by atoms with Crippen LogP contribution in [0.2, 0.25) is 5.02 Å². The Morgan fingerprint density at radius 3 is 2.54 bits per heavy atom. The van der Waals surface area contributed by atoms with Gasteiger partial charge < -0.3 is 10.4 Å². The lowest BCUT2D eigenvalue weighted by Gasteiger charge is -2.17. The van der Waals surface area contributed by atoms with Crippen LogP contribution in [0.15, 0.2) is 65.6 Å². The number of carboxylic acid groups (broad SMARTS) is 1. The fourth-order valence-electron chi connectivity index (χ4n) is 3.29. The summed E-state index contributed by atoms with van der Waals surface area (Å²) in [6, 6.07) is 12.2. The van der Waals surface area contributed by atoms with Crippen molar-refractivity contribution in [2.24, 2.45) is 0 Å². The molecule has 1 amide bonds. The number of hydrogen-bond acceptors (Lipinski definition) is 7. The van der Waals surface area contributed by atoms with Crippen molar-refractivity contribution in [3.8, 4) is 0 Å². The maximum absolute atomic E-state index is 13.2. The number of fused-ring (bicyclic) bond motifs is 1. The van der Waals surface area contributed by atoms with Crippen LogP contribution in [0, 0.1) is 5.82 Å². The highest BCUT2D eigenvalue weighted by molar-refractivity contribution is 7.93. The lowest BCUT2D eigenvalue weighted by molar-refractivity contribution is -0.139. The number of carbonyl (C=O) groups is 2. The van der Waals surface area contributed by atoms with E-state index in [9.17, 15) is 27.5 Å². The summed E-state index contributed by atoms with van der Waals surface area (Å²) in [7, 11) is -4.22. The Hall–Kier alpha value is -3.61. The molecule has 9 nitrogen and oxygen atoms in total. The second-order valence-electron chi connectivity index (χ2n) is 7.38. The molecule has 13 heteroatoms. The number of carboxylic acids is 1. The van der Waals surface area contributed by atoms with Gasteiger partial charge in [0.15, 0.2) is 0 Å². The van der Waals surface area contributed by atoms with Gasteiger partial charge in [0.1, 0.15) is 27.8 Å². The normalized spacial score (nSPS) is 12.3. The van der Waals surface area contributed by atoms with E-state index in [4.69, 9.17) is 11.6 Å². The Bertz CT molecular complexity index is 1530. The summed E-state index contributed by atoms with van der Waals surface area (Å²) in [5.74, 6) is -2.64. The third-order valence-electron chi connectivity index (χ3n) is 4.97. The molecule has 0 aliphatic rings. The maximum Gasteiger partial charge on any atom is 0.326 e. The fourth-order valence-corrected chi connectivity index (χ4v) is 5.30. The van der Waals surface area contributed by atoms with Gasteiger partial charge >= 0.3 is 5.97 Å². The van der Waals surface area contributed by atoms with Crippen LogP contribution in [0.3, 0.4) is 0 Å². The monoisotopic (exact) mass is 534 g/mol. The van der Waals surface area contributed by atoms with Crippen LogP contribution >= 0.6 is 23.3 Å². The molecule has 3 aromatic carbocycles. The zero-order chi connectivity index (χ0) is 25.2. The molecule has 1 unspecified atom stereocenters. The van der Waals surface area contributed by atoms with E-state index in [0.29, 0.717) is 11.1 Å². The molecule has 0 saturated heterocycles. The standard InChI is InChI=1S/C22H16ClFN4O5S2/c23-13-6-9-15(21(29)25-18(22(30)31)10-12-4-7-14(24)8-5-12)17(11-13)28-35(32,33)19-3-1-2-16-20(19)27-34-26-16/h1-9,11,18,28H,10H2,(H,25,29)(H,30,31). The van der Waals surface area contributed by atoms with E-state index in [1.807, 2.05) is 0 Å². The van der Waals surface area contributed by atoms with Crippen molar-refractivity contribution in [2.45, 2.75) is 17.4 Å². The summed E-state index contributed by atoms with van der Waals surface area (Å²) >= 11 is 6.90. The van der Waals surface area contributed by atoms with Gasteiger partial charge in [-0.15, -0.1) is 0 Å². The average Bonchev–Trinajstić information content (AvgIpc) is 3.28. The Kier molecular flexibility index (Phi) is 6.96. The van der Waals surface area contributed by atoms with Crippen molar-refractivity contribution < 1.29 is 27.5 Å². The summed E-state index contributed by atoms with van der Waals surface area (Å²) < 4.78 is 49.8. The number of carbonyl (C=O) groups excluding carboxylic acids is 1. The summed E-state index contributed by atoms with van der Waals surface area (Å²) in [6.45, 7) is 0. The average molecular weight is 535 g/mol. The molecule has 4 aromatic rings. The minimum absolute atomic E-state index is 0.116. The molecule has 3 N–H and O–H groups in total. The quantitative estimate of drug-likeness (QED) is 0.313. The van der Waals surface area contributed by atoms with Crippen LogP contribution < -0.4 is 10.0 Å². The van der Waals surface area contributed by atoms with Gasteiger partial charge in [-0.2, -0.15) is 8.75 Å². The van der Waals surface area contributed by atoms with Crippen LogP contribution in [-0.4, -0.2) is 40.2 Å². The lowest BCUT2D eigenvalue weighted by Crippen LogP contribution is -2.42. The van der Waals surface area contributed by atoms with Gasteiger partial charge in [-0.3, -0.25) is 9.52 Å². The first-order valence-corrected chi connectivity index (χ1v) is 12.5. The highest BCUT2D eigenvalue weighted by Crippen LogP contribution is 2.27. The Morgan fingerprint density at radius 2 is 1.83 bits per heavy atom. The number of hydrogen-bond donors (Lipinski definition) is 3. The topological polar surface area (TPSA) is 138 Å². The van der Waals surface area contributed by atoms with Crippen molar-refractivity contribution in [1.29, 1.82) is 0 Å². The van der Waals surface area contributed by atoms with E-state index in [0.717, 1.165) is 11.7 Å². The molecule has 0 radical (unpaired) electrons. The van der Waals surface area contributed by atoms with Crippen LogP contribution in [-0.2, 0) is 21.2 Å². The molecule has 0 bridgehead atoms. The number of benzene rings is 3. The van der Waals surface area contributed by atoms with Crippen LogP contribution in [0.4, 0.5) is 10.1 Å². The van der Waals surface area contributed by atoms with E-state index in [1.54, 1.807) is 6.07 Å². The van der Waals surface area contributed by atoms with Crippen molar-refractivity contribution in [3.05, 3.63) is 82.6 Å². The number of aliphatic carboxylic acids is 1. The van der Waals surface area contributed by atoms with Gasteiger partial charge in [-0.1, -0.05) is 29.8 Å². The van der Waals surface area contributed by atoms with Crippen molar-refractivity contribution in [1.82, 2.24) is 14.1 Å². The SMILES string of the molecule is O=C(NC(Cc1ccc(F)cc1)C(=O)O)c1ccc(Cl)cc1NS(=O)(=O)c1cccc2nsnc12. The molecular formula is C22H16ClFN4O5S2. The van der Waals surface area contributed by atoms with Gasteiger partial charge in [0.2, 0.25) is 0 Å². The van der Waals surface area contributed by atoms with E-state index in [1.165, 1.54) is 54.6 Å². The molecule has 0 saturated carbocycles. The second-order valence-corrected chi connectivity index (χ2v) is 9.99. The number of nitrogens with zero attached hydrogens (tertiary/aromatic N) is 2. The number of nitrogens with one attached hydrogen (secondary N) is 2. The lowest BCUT2D eigenvalue weighted by atomic mass is 10.0. The molecule has 0 aliphatic heterocycles. The Morgan fingerprint density at radius 1 is 1.09 bits per heavy atom. The molecule has 0 spiro atoms. The summed E-state index contributed by atoms with van der Waals surface area (Å²) in [6.07, 6.45) is -0.116. The second kappa shape index (κ2) is 9.94. The molecule has 0 fully saturated rings. The zero-order valence-corrected chi connectivity index (χ0v) is 20.0. The summed E-state index contributed by atoms with van der Waals surface area (Å²) in [5.41, 5.74) is 0.754. The van der Waals surface area contributed by atoms with Gasteiger partial charge in [-0.05, 0) is 48.0 Å². The molecule has 1 atom stereocenters. The summed E-state index contributed by atoms with van der Waals surface area (Å²) in [5, 5.41) is 12.1. The van der Waals surface area contributed by atoms with Crippen molar-refractivity contribution in [3.63, 3.8) is 0 Å². The third kappa shape index (κ3) is 5.56. The van der Waals surface area contributed by atoms with Crippen LogP contribution in [0.5, 0.6) is 0 Å².